The number of nitrogens with zero attached hydrogens (tertiary/aromatic N) is 2. The van der Waals surface area contributed by atoms with Crippen LogP contribution < -0.4 is 0 Å². The number of carbonyl (C=O) groups excluding carboxylic acids is 1. The lowest BCUT2D eigenvalue weighted by atomic mass is 9.83. The van der Waals surface area contributed by atoms with E-state index in [1.54, 1.807) is 17.2 Å². The van der Waals surface area contributed by atoms with Crippen LogP contribution in [0.3, 0.4) is 0 Å². The van der Waals surface area contributed by atoms with Gasteiger partial charge in [0.25, 0.3) is 0 Å². The van der Waals surface area contributed by atoms with E-state index in [0.29, 0.717) is 11.6 Å². The van der Waals surface area contributed by atoms with Crippen LogP contribution in [-0.2, 0) is 4.74 Å². The van der Waals surface area contributed by atoms with Gasteiger partial charge in [-0.25, -0.2) is 14.2 Å². The minimum atomic E-state index is -1.02. The highest BCUT2D eigenvalue weighted by Crippen LogP contribution is 2.48. The fourth-order valence-corrected chi connectivity index (χ4v) is 3.66. The minimum Gasteiger partial charge on any atom is -0.444 e. The Kier molecular flexibility index (Phi) is 3.79. The quantitative estimate of drug-likeness (QED) is 0.734. The Morgan fingerprint density at radius 2 is 2.14 bits per heavy atom. The van der Waals surface area contributed by atoms with Crippen molar-refractivity contribution in [3.8, 4) is 0 Å². The molecular formula is C16H20ClFN2O2. The highest BCUT2D eigenvalue weighted by Gasteiger charge is 2.55. The molecule has 4 unspecified atom stereocenters. The highest BCUT2D eigenvalue weighted by molar-refractivity contribution is 6.29. The molecule has 0 saturated carbocycles. The lowest BCUT2D eigenvalue weighted by Crippen LogP contribution is -2.42. The van der Waals surface area contributed by atoms with E-state index >= 15 is 0 Å². The molecule has 2 aliphatic rings. The van der Waals surface area contributed by atoms with E-state index in [4.69, 9.17) is 16.3 Å². The van der Waals surface area contributed by atoms with Crippen LogP contribution in [-0.4, -0.2) is 39.8 Å². The molecule has 3 heterocycles. The third-order valence-electron chi connectivity index (χ3n) is 4.30. The first-order valence-corrected chi connectivity index (χ1v) is 7.91. The smallest absolute Gasteiger partial charge is 0.410 e. The van der Waals surface area contributed by atoms with Crippen molar-refractivity contribution in [3.05, 3.63) is 29.0 Å². The molecule has 6 heteroatoms. The molecule has 2 bridgehead atoms. The summed E-state index contributed by atoms with van der Waals surface area (Å²) in [6.07, 6.45) is 1.36. The van der Waals surface area contributed by atoms with Gasteiger partial charge in [0.1, 0.15) is 16.9 Å². The van der Waals surface area contributed by atoms with Crippen LogP contribution in [0.1, 0.15) is 45.1 Å². The number of fused-ring (bicyclic) bond motifs is 2. The Hall–Kier alpha value is -1.36. The van der Waals surface area contributed by atoms with E-state index in [1.807, 2.05) is 26.8 Å². The first-order valence-electron chi connectivity index (χ1n) is 7.53. The molecule has 2 fully saturated rings. The monoisotopic (exact) mass is 326 g/mol. The number of aromatic nitrogens is 1. The van der Waals surface area contributed by atoms with Crippen LogP contribution in [0.15, 0.2) is 18.3 Å². The van der Waals surface area contributed by atoms with E-state index in [1.165, 1.54) is 0 Å². The lowest BCUT2D eigenvalue weighted by molar-refractivity contribution is 0.0191. The first-order chi connectivity index (χ1) is 10.3. The minimum absolute atomic E-state index is 0.0500. The summed E-state index contributed by atoms with van der Waals surface area (Å²) in [4.78, 5) is 18.1. The number of hydrogen-bond donors (Lipinski definition) is 0. The van der Waals surface area contributed by atoms with E-state index in [2.05, 4.69) is 4.98 Å². The molecule has 1 aromatic heterocycles. The van der Waals surface area contributed by atoms with E-state index in [9.17, 15) is 9.18 Å². The third-order valence-corrected chi connectivity index (χ3v) is 4.53. The zero-order valence-corrected chi connectivity index (χ0v) is 13.7. The summed E-state index contributed by atoms with van der Waals surface area (Å²) in [5.41, 5.74) is 0.343. The number of alkyl halides is 1. The molecule has 0 aromatic carbocycles. The second kappa shape index (κ2) is 5.37. The lowest BCUT2D eigenvalue weighted by Gasteiger charge is -2.29. The van der Waals surface area contributed by atoms with Crippen LogP contribution >= 0.6 is 11.6 Å². The fourth-order valence-electron chi connectivity index (χ4n) is 3.54. The summed E-state index contributed by atoms with van der Waals surface area (Å²) in [6.45, 7) is 5.45. The predicted molar refractivity (Wildman–Crippen MR) is 81.8 cm³/mol. The maximum atomic E-state index is 14.4. The number of pyridine rings is 1. The molecule has 1 aromatic rings. The van der Waals surface area contributed by atoms with Crippen molar-refractivity contribution >= 4 is 17.7 Å². The second-order valence-corrected chi connectivity index (χ2v) is 7.43. The van der Waals surface area contributed by atoms with Crippen molar-refractivity contribution in [2.24, 2.45) is 0 Å². The Bertz CT molecular complexity index is 573. The van der Waals surface area contributed by atoms with Crippen molar-refractivity contribution in [2.75, 3.05) is 0 Å². The van der Waals surface area contributed by atoms with Gasteiger partial charge in [-0.05, 0) is 38.8 Å². The molecule has 3 rings (SSSR count). The Morgan fingerprint density at radius 3 is 2.73 bits per heavy atom. The molecule has 0 aliphatic carbocycles. The van der Waals surface area contributed by atoms with Crippen molar-refractivity contribution < 1.29 is 13.9 Å². The van der Waals surface area contributed by atoms with Crippen LogP contribution in [0.4, 0.5) is 9.18 Å². The molecule has 4 nitrogen and oxygen atoms in total. The average Bonchev–Trinajstić information content (AvgIpc) is 2.91. The van der Waals surface area contributed by atoms with Crippen molar-refractivity contribution in [1.82, 2.24) is 9.88 Å². The highest BCUT2D eigenvalue weighted by atomic mass is 35.5. The zero-order chi connectivity index (χ0) is 16.1. The van der Waals surface area contributed by atoms with Crippen LogP contribution in [0, 0.1) is 0 Å². The number of amides is 1. The molecule has 120 valence electrons. The van der Waals surface area contributed by atoms with Crippen LogP contribution in [0.2, 0.25) is 5.15 Å². The first kappa shape index (κ1) is 15.5. The second-order valence-electron chi connectivity index (χ2n) is 7.04. The maximum Gasteiger partial charge on any atom is 0.410 e. The number of carbonyl (C=O) groups is 1. The summed E-state index contributed by atoms with van der Waals surface area (Å²) in [5, 5.41) is 0.410. The fraction of sp³-hybridized carbons (Fsp3) is 0.625. The number of ether oxygens (including phenoxy) is 1. The normalized spacial score (nSPS) is 30.7. The van der Waals surface area contributed by atoms with E-state index < -0.39 is 23.9 Å². The number of halogens is 2. The molecule has 2 aliphatic heterocycles. The van der Waals surface area contributed by atoms with Crippen molar-refractivity contribution in [3.63, 3.8) is 0 Å². The number of rotatable bonds is 1. The van der Waals surface area contributed by atoms with Crippen molar-refractivity contribution in [1.29, 1.82) is 0 Å². The van der Waals surface area contributed by atoms with Gasteiger partial charge in [-0.2, -0.15) is 0 Å². The van der Waals surface area contributed by atoms with Crippen LogP contribution in [0.5, 0.6) is 0 Å². The van der Waals surface area contributed by atoms with Gasteiger partial charge in [-0.1, -0.05) is 17.7 Å². The van der Waals surface area contributed by atoms with Gasteiger partial charge in [0.15, 0.2) is 0 Å². The molecular weight excluding hydrogens is 307 g/mol. The Morgan fingerprint density at radius 1 is 1.41 bits per heavy atom. The van der Waals surface area contributed by atoms with Crippen molar-refractivity contribution in [2.45, 2.75) is 63.4 Å². The SMILES string of the molecule is CC(C)(C)OC(=O)N1C2CC(F)C1C(c1ccc(Cl)nc1)C2. The summed E-state index contributed by atoms with van der Waals surface area (Å²) in [5.74, 6) is -0.0500. The van der Waals surface area contributed by atoms with Gasteiger partial charge in [-0.15, -0.1) is 0 Å². The predicted octanol–water partition coefficient (Wildman–Crippen LogP) is 3.94. The largest absolute Gasteiger partial charge is 0.444 e. The van der Waals surface area contributed by atoms with E-state index in [0.717, 1.165) is 12.0 Å². The van der Waals surface area contributed by atoms with E-state index in [-0.39, 0.29) is 12.0 Å². The molecule has 1 amide bonds. The molecule has 4 atom stereocenters. The molecule has 0 spiro atoms. The van der Waals surface area contributed by atoms with Gasteiger partial charge in [-0.3, -0.25) is 4.90 Å². The summed E-state index contributed by atoms with van der Waals surface area (Å²) >= 11 is 5.81. The Labute approximate surface area is 134 Å². The van der Waals surface area contributed by atoms with Gasteiger partial charge < -0.3 is 4.74 Å². The summed E-state index contributed by atoms with van der Waals surface area (Å²) in [6, 6.07) is 2.99. The van der Waals surface area contributed by atoms with Gasteiger partial charge in [0.05, 0.1) is 6.04 Å². The summed E-state index contributed by atoms with van der Waals surface area (Å²) < 4.78 is 19.8. The third kappa shape index (κ3) is 2.78. The topological polar surface area (TPSA) is 42.4 Å². The Balaban J connectivity index is 1.83. The zero-order valence-electron chi connectivity index (χ0n) is 12.9. The summed E-state index contributed by atoms with van der Waals surface area (Å²) in [7, 11) is 0. The van der Waals surface area contributed by atoms with Gasteiger partial charge in [0.2, 0.25) is 0 Å². The van der Waals surface area contributed by atoms with Gasteiger partial charge in [0, 0.05) is 24.6 Å². The average molecular weight is 327 g/mol. The molecule has 2 saturated heterocycles. The molecule has 0 radical (unpaired) electrons. The van der Waals surface area contributed by atoms with Gasteiger partial charge >= 0.3 is 6.09 Å². The maximum absolute atomic E-state index is 14.4. The standard InChI is InChI=1S/C16H20ClFN2O2/c1-16(2,3)22-15(21)20-10-6-11(14(20)12(18)7-10)9-4-5-13(17)19-8-9/h4-5,8,10-12,14H,6-7H2,1-3H3. The molecule has 22 heavy (non-hydrogen) atoms. The molecule has 0 N–H and O–H groups in total. The number of hydrogen-bond acceptors (Lipinski definition) is 3. The van der Waals surface area contributed by atoms with Crippen LogP contribution in [0.25, 0.3) is 0 Å².